The lowest BCUT2D eigenvalue weighted by molar-refractivity contribution is 0.251. The monoisotopic (exact) mass is 159 g/mol. The van der Waals surface area contributed by atoms with E-state index in [2.05, 4.69) is 13.8 Å². The lowest BCUT2D eigenvalue weighted by Gasteiger charge is -2.19. The quantitative estimate of drug-likeness (QED) is 0.615. The van der Waals surface area contributed by atoms with Crippen LogP contribution in [-0.4, -0.2) is 18.3 Å². The van der Waals surface area contributed by atoms with Crippen molar-refractivity contribution in [2.24, 2.45) is 17.6 Å². The number of hydrogen-bond donors (Lipinski definition) is 2. The summed E-state index contributed by atoms with van der Waals surface area (Å²) in [5.74, 6) is 1.40. The summed E-state index contributed by atoms with van der Waals surface area (Å²) in [6.45, 7) is 5.53. The Balaban J connectivity index is 3.51. The van der Waals surface area contributed by atoms with Crippen molar-refractivity contribution in [1.29, 1.82) is 0 Å². The average molecular weight is 159 g/mol. The van der Waals surface area contributed by atoms with Gasteiger partial charge in [-0.25, -0.2) is 0 Å². The molecule has 3 N–H and O–H groups in total. The van der Waals surface area contributed by atoms with Gasteiger partial charge in [0.05, 0.1) is 0 Å². The Hall–Kier alpha value is -0.0800. The molecule has 0 fully saturated rings. The van der Waals surface area contributed by atoms with Gasteiger partial charge in [0.1, 0.15) is 0 Å². The molecule has 68 valence electrons. The third-order valence-corrected chi connectivity index (χ3v) is 2.21. The van der Waals surface area contributed by atoms with Gasteiger partial charge in [-0.2, -0.15) is 0 Å². The van der Waals surface area contributed by atoms with Crippen LogP contribution in [0.4, 0.5) is 0 Å². The smallest absolute Gasteiger partial charge is 0.0431 e. The summed E-state index contributed by atoms with van der Waals surface area (Å²) >= 11 is 0. The third kappa shape index (κ3) is 5.22. The van der Waals surface area contributed by atoms with Crippen molar-refractivity contribution in [2.75, 3.05) is 13.2 Å². The molecular weight excluding hydrogens is 138 g/mol. The molecule has 2 nitrogen and oxygen atoms in total. The normalized spacial score (nSPS) is 13.9. The summed E-state index contributed by atoms with van der Waals surface area (Å²) in [5.41, 5.74) is 5.48. The van der Waals surface area contributed by atoms with Crippen LogP contribution < -0.4 is 5.73 Å². The van der Waals surface area contributed by atoms with Crippen LogP contribution in [0.3, 0.4) is 0 Å². The predicted molar refractivity (Wildman–Crippen MR) is 48.3 cm³/mol. The molecule has 0 aliphatic rings. The van der Waals surface area contributed by atoms with E-state index in [1.807, 2.05) is 0 Å². The minimum absolute atomic E-state index is 0.313. The fourth-order valence-electron chi connectivity index (χ4n) is 1.38. The number of nitrogens with two attached hydrogens (primary N) is 1. The van der Waals surface area contributed by atoms with Crippen LogP contribution >= 0.6 is 0 Å². The van der Waals surface area contributed by atoms with E-state index < -0.39 is 0 Å². The van der Waals surface area contributed by atoms with Gasteiger partial charge in [0.25, 0.3) is 0 Å². The summed E-state index contributed by atoms with van der Waals surface area (Å²) in [4.78, 5) is 0. The summed E-state index contributed by atoms with van der Waals surface area (Å²) in [6.07, 6.45) is 3.13. The molecule has 0 heterocycles. The molecule has 0 aromatic heterocycles. The van der Waals surface area contributed by atoms with E-state index in [1.54, 1.807) is 0 Å². The molecule has 0 aliphatic carbocycles. The standard InChI is InChI=1S/C9H21NO/c1-8(2)9(5-6-10)4-3-7-11/h8-9,11H,3-7,10H2,1-2H3. The van der Waals surface area contributed by atoms with E-state index in [0.717, 1.165) is 25.8 Å². The Morgan fingerprint density at radius 2 is 1.91 bits per heavy atom. The lowest BCUT2D eigenvalue weighted by atomic mass is 9.88. The lowest BCUT2D eigenvalue weighted by Crippen LogP contribution is -2.14. The maximum absolute atomic E-state index is 8.63. The molecule has 0 saturated carbocycles. The largest absolute Gasteiger partial charge is 0.396 e. The molecule has 0 rings (SSSR count). The average Bonchev–Trinajstić information content (AvgIpc) is 1.97. The molecule has 1 unspecified atom stereocenters. The minimum atomic E-state index is 0.313. The van der Waals surface area contributed by atoms with Gasteiger partial charge in [0.2, 0.25) is 0 Å². The molecule has 2 heteroatoms. The van der Waals surface area contributed by atoms with Crippen molar-refractivity contribution in [3.05, 3.63) is 0 Å². The van der Waals surface area contributed by atoms with Crippen LogP contribution in [0.15, 0.2) is 0 Å². The highest BCUT2D eigenvalue weighted by Crippen LogP contribution is 2.19. The second-order valence-corrected chi connectivity index (χ2v) is 3.45. The first kappa shape index (κ1) is 10.9. The molecule has 11 heavy (non-hydrogen) atoms. The summed E-state index contributed by atoms with van der Waals surface area (Å²) < 4.78 is 0. The van der Waals surface area contributed by atoms with E-state index in [0.29, 0.717) is 18.4 Å². The first-order valence-electron chi connectivity index (χ1n) is 4.53. The molecule has 0 spiro atoms. The predicted octanol–water partition coefficient (Wildman–Crippen LogP) is 1.38. The Bertz CT molecular complexity index is 83.6. The van der Waals surface area contributed by atoms with Crippen molar-refractivity contribution in [3.8, 4) is 0 Å². The van der Waals surface area contributed by atoms with Gasteiger partial charge in [0.15, 0.2) is 0 Å². The van der Waals surface area contributed by atoms with E-state index in [4.69, 9.17) is 10.8 Å². The zero-order valence-electron chi connectivity index (χ0n) is 7.71. The Labute approximate surface area is 69.8 Å². The minimum Gasteiger partial charge on any atom is -0.396 e. The highest BCUT2D eigenvalue weighted by Gasteiger charge is 2.10. The second-order valence-electron chi connectivity index (χ2n) is 3.45. The van der Waals surface area contributed by atoms with Crippen LogP contribution in [0.5, 0.6) is 0 Å². The van der Waals surface area contributed by atoms with Gasteiger partial charge in [0, 0.05) is 6.61 Å². The van der Waals surface area contributed by atoms with Crippen LogP contribution in [0.2, 0.25) is 0 Å². The Morgan fingerprint density at radius 1 is 1.27 bits per heavy atom. The summed E-state index contributed by atoms with van der Waals surface area (Å²) in [6, 6.07) is 0. The highest BCUT2D eigenvalue weighted by molar-refractivity contribution is 4.63. The summed E-state index contributed by atoms with van der Waals surface area (Å²) in [5, 5.41) is 8.63. The highest BCUT2D eigenvalue weighted by atomic mass is 16.2. The van der Waals surface area contributed by atoms with Crippen LogP contribution in [0.1, 0.15) is 33.1 Å². The first-order valence-corrected chi connectivity index (χ1v) is 4.53. The van der Waals surface area contributed by atoms with E-state index in [9.17, 15) is 0 Å². The van der Waals surface area contributed by atoms with E-state index in [1.165, 1.54) is 0 Å². The van der Waals surface area contributed by atoms with Crippen LogP contribution in [0, 0.1) is 11.8 Å². The van der Waals surface area contributed by atoms with Crippen LogP contribution in [0.25, 0.3) is 0 Å². The zero-order valence-corrected chi connectivity index (χ0v) is 7.71. The molecule has 0 aliphatic heterocycles. The van der Waals surface area contributed by atoms with Gasteiger partial charge in [-0.1, -0.05) is 13.8 Å². The van der Waals surface area contributed by atoms with Gasteiger partial charge in [-0.3, -0.25) is 0 Å². The topological polar surface area (TPSA) is 46.2 Å². The third-order valence-electron chi connectivity index (χ3n) is 2.21. The van der Waals surface area contributed by atoms with Crippen molar-refractivity contribution in [1.82, 2.24) is 0 Å². The van der Waals surface area contributed by atoms with Gasteiger partial charge >= 0.3 is 0 Å². The molecule has 0 radical (unpaired) electrons. The molecule has 0 aromatic rings. The molecule has 1 atom stereocenters. The molecule has 0 bridgehead atoms. The van der Waals surface area contributed by atoms with Crippen molar-refractivity contribution < 1.29 is 5.11 Å². The molecular formula is C9H21NO. The number of rotatable bonds is 6. The number of hydrogen-bond acceptors (Lipinski definition) is 2. The maximum Gasteiger partial charge on any atom is 0.0431 e. The first-order chi connectivity index (χ1) is 5.22. The van der Waals surface area contributed by atoms with Gasteiger partial charge < -0.3 is 10.8 Å². The van der Waals surface area contributed by atoms with Gasteiger partial charge in [-0.15, -0.1) is 0 Å². The molecule has 0 aromatic carbocycles. The van der Waals surface area contributed by atoms with Gasteiger partial charge in [-0.05, 0) is 37.6 Å². The van der Waals surface area contributed by atoms with E-state index >= 15 is 0 Å². The fourth-order valence-corrected chi connectivity index (χ4v) is 1.38. The van der Waals surface area contributed by atoms with Crippen molar-refractivity contribution in [3.63, 3.8) is 0 Å². The zero-order chi connectivity index (χ0) is 8.69. The number of aliphatic hydroxyl groups excluding tert-OH is 1. The van der Waals surface area contributed by atoms with E-state index in [-0.39, 0.29) is 0 Å². The van der Waals surface area contributed by atoms with Crippen molar-refractivity contribution >= 4 is 0 Å². The second kappa shape index (κ2) is 6.62. The molecule has 0 saturated heterocycles. The summed E-state index contributed by atoms with van der Waals surface area (Å²) in [7, 11) is 0. The number of aliphatic hydroxyl groups is 1. The SMILES string of the molecule is CC(C)C(CCN)CCCO. The Morgan fingerprint density at radius 3 is 2.27 bits per heavy atom. The Kier molecular flexibility index (Phi) is 6.57. The van der Waals surface area contributed by atoms with Crippen LogP contribution in [-0.2, 0) is 0 Å². The fraction of sp³-hybridized carbons (Fsp3) is 1.00. The maximum atomic E-state index is 8.63. The van der Waals surface area contributed by atoms with Crippen molar-refractivity contribution in [2.45, 2.75) is 33.1 Å². The molecule has 0 amide bonds.